The molecule has 1 N–H and O–H groups in total. The van der Waals surface area contributed by atoms with Gasteiger partial charge in [0.15, 0.2) is 0 Å². The summed E-state index contributed by atoms with van der Waals surface area (Å²) in [6.07, 6.45) is 2.54. The van der Waals surface area contributed by atoms with Crippen molar-refractivity contribution in [1.29, 1.82) is 0 Å². The van der Waals surface area contributed by atoms with E-state index in [2.05, 4.69) is 10.3 Å². The number of nitrogens with one attached hydrogen (secondary N) is 1. The van der Waals surface area contributed by atoms with Crippen LogP contribution in [0.1, 0.15) is 23.7 Å². The number of likely N-dealkylation sites (tertiary alicyclic amines) is 1. The lowest BCUT2D eigenvalue weighted by Crippen LogP contribution is -2.37. The molecule has 2 aromatic rings. The Morgan fingerprint density at radius 1 is 1.16 bits per heavy atom. The number of carbonyl (C=O) groups excluding carboxylic acids is 2. The standard InChI is InChI=1S/C19H21N3O3/c1-13(23)21-17-9-10-22(12-17)19(24)15-5-3-14(4-6-15)16-7-8-18(25-2)20-11-16/h3-8,11,17H,9-10,12H2,1-2H3,(H,21,23)/t17-/m1/s1. The number of rotatable bonds is 4. The van der Waals surface area contributed by atoms with Crippen LogP contribution in [0.25, 0.3) is 11.1 Å². The molecule has 25 heavy (non-hydrogen) atoms. The van der Waals surface area contributed by atoms with Gasteiger partial charge in [0.05, 0.1) is 7.11 Å². The van der Waals surface area contributed by atoms with Gasteiger partial charge in [-0.25, -0.2) is 4.98 Å². The third-order valence-electron chi connectivity index (χ3n) is 4.29. The summed E-state index contributed by atoms with van der Waals surface area (Å²) in [5.74, 6) is 0.502. The van der Waals surface area contributed by atoms with Crippen LogP contribution in [0.3, 0.4) is 0 Å². The lowest BCUT2D eigenvalue weighted by Gasteiger charge is -2.17. The summed E-state index contributed by atoms with van der Waals surface area (Å²) < 4.78 is 5.06. The third kappa shape index (κ3) is 3.96. The predicted molar refractivity (Wildman–Crippen MR) is 94.4 cm³/mol. The van der Waals surface area contributed by atoms with Gasteiger partial charge in [0, 0.05) is 49.4 Å². The zero-order valence-electron chi connectivity index (χ0n) is 14.4. The molecule has 0 radical (unpaired) electrons. The second kappa shape index (κ2) is 7.34. The molecule has 2 amide bonds. The number of benzene rings is 1. The first-order chi connectivity index (χ1) is 12.1. The van der Waals surface area contributed by atoms with E-state index in [0.29, 0.717) is 24.5 Å². The molecule has 1 aromatic carbocycles. The van der Waals surface area contributed by atoms with Crippen LogP contribution in [-0.4, -0.2) is 47.9 Å². The van der Waals surface area contributed by atoms with Crippen molar-refractivity contribution in [3.63, 3.8) is 0 Å². The first-order valence-electron chi connectivity index (χ1n) is 8.23. The molecule has 1 atom stereocenters. The van der Waals surface area contributed by atoms with Crippen LogP contribution in [0.2, 0.25) is 0 Å². The molecule has 3 rings (SSSR count). The van der Waals surface area contributed by atoms with Gasteiger partial charge in [0.25, 0.3) is 5.91 Å². The number of carbonyl (C=O) groups is 2. The van der Waals surface area contributed by atoms with E-state index in [1.165, 1.54) is 6.92 Å². The fourth-order valence-corrected chi connectivity index (χ4v) is 3.01. The van der Waals surface area contributed by atoms with Crippen LogP contribution in [0.15, 0.2) is 42.6 Å². The predicted octanol–water partition coefficient (Wildman–Crippen LogP) is 2.11. The van der Waals surface area contributed by atoms with E-state index in [-0.39, 0.29) is 17.9 Å². The summed E-state index contributed by atoms with van der Waals surface area (Å²) >= 11 is 0. The van der Waals surface area contributed by atoms with E-state index >= 15 is 0 Å². The molecule has 1 aliphatic rings. The molecule has 1 saturated heterocycles. The molecule has 0 unspecified atom stereocenters. The highest BCUT2D eigenvalue weighted by Crippen LogP contribution is 2.22. The fourth-order valence-electron chi connectivity index (χ4n) is 3.01. The molecule has 2 heterocycles. The van der Waals surface area contributed by atoms with E-state index in [1.807, 2.05) is 30.3 Å². The van der Waals surface area contributed by atoms with Crippen molar-refractivity contribution < 1.29 is 14.3 Å². The topological polar surface area (TPSA) is 71.5 Å². The van der Waals surface area contributed by atoms with E-state index in [1.54, 1.807) is 24.3 Å². The number of hydrogen-bond acceptors (Lipinski definition) is 4. The number of amides is 2. The van der Waals surface area contributed by atoms with Crippen molar-refractivity contribution in [2.24, 2.45) is 0 Å². The number of pyridine rings is 1. The van der Waals surface area contributed by atoms with Crippen LogP contribution in [0, 0.1) is 0 Å². The van der Waals surface area contributed by atoms with Crippen LogP contribution in [0.4, 0.5) is 0 Å². The summed E-state index contributed by atoms with van der Waals surface area (Å²) in [6, 6.07) is 11.3. The molecule has 1 fully saturated rings. The monoisotopic (exact) mass is 339 g/mol. The maximum Gasteiger partial charge on any atom is 0.253 e. The van der Waals surface area contributed by atoms with E-state index in [4.69, 9.17) is 4.74 Å². The molecule has 1 aromatic heterocycles. The number of ether oxygens (including phenoxy) is 1. The quantitative estimate of drug-likeness (QED) is 0.926. The van der Waals surface area contributed by atoms with Crippen molar-refractivity contribution >= 4 is 11.8 Å². The van der Waals surface area contributed by atoms with Gasteiger partial charge in [-0.1, -0.05) is 12.1 Å². The summed E-state index contributed by atoms with van der Waals surface area (Å²) in [4.78, 5) is 29.7. The first-order valence-corrected chi connectivity index (χ1v) is 8.23. The van der Waals surface area contributed by atoms with Gasteiger partial charge >= 0.3 is 0 Å². The molecule has 6 nitrogen and oxygen atoms in total. The summed E-state index contributed by atoms with van der Waals surface area (Å²) in [7, 11) is 1.58. The summed E-state index contributed by atoms with van der Waals surface area (Å²) in [6.45, 7) is 2.72. The van der Waals surface area contributed by atoms with Crippen molar-refractivity contribution in [3.8, 4) is 17.0 Å². The lowest BCUT2D eigenvalue weighted by atomic mass is 10.1. The summed E-state index contributed by atoms with van der Waals surface area (Å²) in [5, 5.41) is 2.87. The average Bonchev–Trinajstić information content (AvgIpc) is 3.09. The van der Waals surface area contributed by atoms with Crippen LogP contribution in [0.5, 0.6) is 5.88 Å². The van der Waals surface area contributed by atoms with Crippen LogP contribution >= 0.6 is 0 Å². The van der Waals surface area contributed by atoms with E-state index in [0.717, 1.165) is 17.5 Å². The zero-order chi connectivity index (χ0) is 17.8. The molecule has 0 spiro atoms. The van der Waals surface area contributed by atoms with E-state index < -0.39 is 0 Å². The van der Waals surface area contributed by atoms with Gasteiger partial charge in [-0.15, -0.1) is 0 Å². The maximum absolute atomic E-state index is 12.6. The largest absolute Gasteiger partial charge is 0.481 e. The Morgan fingerprint density at radius 3 is 2.48 bits per heavy atom. The SMILES string of the molecule is COc1ccc(-c2ccc(C(=O)N3CC[C@@H](NC(C)=O)C3)cc2)cn1. The van der Waals surface area contributed by atoms with Gasteiger partial charge in [-0.3, -0.25) is 9.59 Å². The molecule has 1 aliphatic heterocycles. The van der Waals surface area contributed by atoms with Crippen LogP contribution in [-0.2, 0) is 4.79 Å². The molecule has 130 valence electrons. The van der Waals surface area contributed by atoms with Gasteiger partial charge in [-0.2, -0.15) is 0 Å². The second-order valence-electron chi connectivity index (χ2n) is 6.10. The maximum atomic E-state index is 12.6. The normalized spacial score (nSPS) is 16.6. The Balaban J connectivity index is 1.67. The lowest BCUT2D eigenvalue weighted by molar-refractivity contribution is -0.119. The Bertz CT molecular complexity index is 756. The Labute approximate surface area is 146 Å². The molecule has 0 bridgehead atoms. The van der Waals surface area contributed by atoms with Crippen LogP contribution < -0.4 is 10.1 Å². The minimum Gasteiger partial charge on any atom is -0.481 e. The molecule has 0 saturated carbocycles. The average molecular weight is 339 g/mol. The highest BCUT2D eigenvalue weighted by molar-refractivity contribution is 5.95. The van der Waals surface area contributed by atoms with Crippen molar-refractivity contribution in [1.82, 2.24) is 15.2 Å². The zero-order valence-corrected chi connectivity index (χ0v) is 14.4. The van der Waals surface area contributed by atoms with Gasteiger partial charge in [0.1, 0.15) is 0 Å². The second-order valence-corrected chi connectivity index (χ2v) is 6.10. The number of nitrogens with zero attached hydrogens (tertiary/aromatic N) is 2. The Kier molecular flexibility index (Phi) is 4.97. The molecule has 6 heteroatoms. The minimum absolute atomic E-state index is 0.00717. The number of aromatic nitrogens is 1. The molecule has 0 aliphatic carbocycles. The van der Waals surface area contributed by atoms with Crippen molar-refractivity contribution in [2.45, 2.75) is 19.4 Å². The van der Waals surface area contributed by atoms with Crippen molar-refractivity contribution in [2.75, 3.05) is 20.2 Å². The Hall–Kier alpha value is -2.89. The van der Waals surface area contributed by atoms with Gasteiger partial charge < -0.3 is 15.0 Å². The number of methoxy groups -OCH3 is 1. The van der Waals surface area contributed by atoms with Crippen molar-refractivity contribution in [3.05, 3.63) is 48.2 Å². The fraction of sp³-hybridized carbons (Fsp3) is 0.316. The summed E-state index contributed by atoms with van der Waals surface area (Å²) in [5.41, 5.74) is 2.60. The smallest absolute Gasteiger partial charge is 0.253 e. The van der Waals surface area contributed by atoms with E-state index in [9.17, 15) is 9.59 Å². The van der Waals surface area contributed by atoms with Gasteiger partial charge in [0.2, 0.25) is 11.8 Å². The first kappa shape index (κ1) is 17.0. The molecular weight excluding hydrogens is 318 g/mol. The third-order valence-corrected chi connectivity index (χ3v) is 4.29. The van der Waals surface area contributed by atoms with Gasteiger partial charge in [-0.05, 0) is 30.2 Å². The highest BCUT2D eigenvalue weighted by Gasteiger charge is 2.27. The minimum atomic E-state index is -0.0586. The molecular formula is C19H21N3O3. The Morgan fingerprint density at radius 2 is 1.88 bits per heavy atom. The highest BCUT2D eigenvalue weighted by atomic mass is 16.5. The number of hydrogen-bond donors (Lipinski definition) is 1.